The first-order valence-electron chi connectivity index (χ1n) is 22.5. The second-order valence-corrected chi connectivity index (χ2v) is 19.9. The molecule has 5 fully saturated rings. The highest BCUT2D eigenvalue weighted by atomic mass is 15.1. The molecule has 6 aromatic rings. The molecular formula is C56H53N. The maximum atomic E-state index is 2.76. The molecule has 0 radical (unpaired) electrons. The van der Waals surface area contributed by atoms with Gasteiger partial charge in [-0.15, -0.1) is 0 Å². The Hall–Kier alpha value is -4.88. The van der Waals surface area contributed by atoms with Crippen molar-refractivity contribution < 1.29 is 0 Å². The van der Waals surface area contributed by atoms with Crippen LogP contribution in [0.25, 0.3) is 33.4 Å². The van der Waals surface area contributed by atoms with Gasteiger partial charge in [0.05, 0.1) is 5.69 Å². The van der Waals surface area contributed by atoms with E-state index in [0.717, 1.165) is 11.8 Å². The van der Waals surface area contributed by atoms with E-state index in [0.29, 0.717) is 11.8 Å². The maximum absolute atomic E-state index is 2.76. The minimum Gasteiger partial charge on any atom is -0.310 e. The second-order valence-electron chi connectivity index (χ2n) is 19.9. The first-order valence-corrected chi connectivity index (χ1v) is 22.5. The van der Waals surface area contributed by atoms with Crippen molar-refractivity contribution in [3.05, 3.63) is 161 Å². The average Bonchev–Trinajstić information content (AvgIpc) is 3.70. The molecule has 5 unspecified atom stereocenters. The highest BCUT2D eigenvalue weighted by molar-refractivity contribution is 5.94. The molecule has 1 nitrogen and oxygen atoms in total. The first-order chi connectivity index (χ1) is 28.0. The van der Waals surface area contributed by atoms with Crippen LogP contribution in [0, 0.1) is 23.7 Å². The van der Waals surface area contributed by atoms with Crippen molar-refractivity contribution in [2.75, 3.05) is 4.90 Å². The van der Waals surface area contributed by atoms with Gasteiger partial charge in [-0.2, -0.15) is 0 Å². The normalized spacial score (nSPS) is 27.1. The van der Waals surface area contributed by atoms with Crippen LogP contribution in [0.15, 0.2) is 127 Å². The number of hydrogen-bond acceptors (Lipinski definition) is 1. The van der Waals surface area contributed by atoms with Crippen molar-refractivity contribution in [1.29, 1.82) is 0 Å². The molecule has 8 aliphatic carbocycles. The molecule has 0 aromatic heterocycles. The summed E-state index contributed by atoms with van der Waals surface area (Å²) >= 11 is 0. The van der Waals surface area contributed by atoms with Gasteiger partial charge in [0.1, 0.15) is 0 Å². The van der Waals surface area contributed by atoms with E-state index < -0.39 is 0 Å². The summed E-state index contributed by atoms with van der Waals surface area (Å²) in [5, 5.41) is 0. The molecule has 282 valence electrons. The SMILES string of the molecule is CC1(C)c2ccccc2-c2ccc(N(c3ccc4c(c3)C3(CCCCC3)c3ccccc3-4)c3cccc4c3C3(c5ccccc5-4)C4CCC5CC(C4)CC3C5)cc21. The van der Waals surface area contributed by atoms with E-state index >= 15 is 0 Å². The highest BCUT2D eigenvalue weighted by Gasteiger charge is 2.60. The smallest absolute Gasteiger partial charge is 0.0509 e. The fraction of sp³-hybridized carbons (Fsp3) is 0.357. The molecule has 5 atom stereocenters. The van der Waals surface area contributed by atoms with Gasteiger partial charge in [0.25, 0.3) is 0 Å². The van der Waals surface area contributed by atoms with Gasteiger partial charge >= 0.3 is 0 Å². The molecule has 8 aliphatic rings. The van der Waals surface area contributed by atoms with E-state index in [2.05, 4.69) is 146 Å². The molecule has 4 bridgehead atoms. The maximum Gasteiger partial charge on any atom is 0.0509 e. The van der Waals surface area contributed by atoms with Gasteiger partial charge in [0, 0.05) is 27.6 Å². The molecule has 6 aromatic carbocycles. The quantitative estimate of drug-likeness (QED) is 0.175. The van der Waals surface area contributed by atoms with E-state index in [4.69, 9.17) is 0 Å². The lowest BCUT2D eigenvalue weighted by molar-refractivity contribution is 0.0621. The van der Waals surface area contributed by atoms with Crippen LogP contribution in [-0.2, 0) is 16.2 Å². The summed E-state index contributed by atoms with van der Waals surface area (Å²) in [6.45, 7) is 4.88. The van der Waals surface area contributed by atoms with Crippen molar-refractivity contribution >= 4 is 17.1 Å². The third-order valence-electron chi connectivity index (χ3n) is 17.1. The van der Waals surface area contributed by atoms with Crippen LogP contribution in [-0.4, -0.2) is 0 Å². The number of benzene rings is 6. The number of hydrogen-bond donors (Lipinski definition) is 0. The van der Waals surface area contributed by atoms with Gasteiger partial charge in [0.2, 0.25) is 0 Å². The molecule has 14 rings (SSSR count). The van der Waals surface area contributed by atoms with E-state index in [1.807, 2.05) is 0 Å². The Morgan fingerprint density at radius 3 is 1.81 bits per heavy atom. The third-order valence-corrected chi connectivity index (χ3v) is 17.1. The minimum absolute atomic E-state index is 0.0518. The lowest BCUT2D eigenvalue weighted by Gasteiger charge is -2.53. The van der Waals surface area contributed by atoms with Gasteiger partial charge in [-0.1, -0.05) is 137 Å². The van der Waals surface area contributed by atoms with Gasteiger partial charge in [0.15, 0.2) is 0 Å². The van der Waals surface area contributed by atoms with Crippen LogP contribution in [0.4, 0.5) is 17.1 Å². The van der Waals surface area contributed by atoms with Crippen LogP contribution < -0.4 is 4.90 Å². The second kappa shape index (κ2) is 11.6. The Bertz CT molecular complexity index is 2640. The van der Waals surface area contributed by atoms with Crippen LogP contribution in [0.1, 0.15) is 118 Å². The lowest BCUT2D eigenvalue weighted by Crippen LogP contribution is -2.48. The Balaban J connectivity index is 1.08. The zero-order valence-corrected chi connectivity index (χ0v) is 33.7. The minimum atomic E-state index is -0.0746. The lowest BCUT2D eigenvalue weighted by atomic mass is 9.50. The molecule has 5 saturated carbocycles. The molecule has 0 amide bonds. The summed E-state index contributed by atoms with van der Waals surface area (Å²) in [7, 11) is 0. The van der Waals surface area contributed by atoms with Crippen molar-refractivity contribution in [2.24, 2.45) is 23.7 Å². The Kier molecular flexibility index (Phi) is 6.75. The summed E-state index contributed by atoms with van der Waals surface area (Å²) in [4.78, 5) is 2.76. The fourth-order valence-corrected chi connectivity index (χ4v) is 15.1. The summed E-state index contributed by atoms with van der Waals surface area (Å²) in [5.74, 6) is 3.18. The highest BCUT2D eigenvalue weighted by Crippen LogP contribution is 2.70. The van der Waals surface area contributed by atoms with Crippen molar-refractivity contribution in [1.82, 2.24) is 0 Å². The molecule has 1 heteroatoms. The van der Waals surface area contributed by atoms with Gasteiger partial charge in [-0.05, 0) is 166 Å². The van der Waals surface area contributed by atoms with Crippen molar-refractivity contribution in [3.8, 4) is 33.4 Å². The predicted molar refractivity (Wildman–Crippen MR) is 236 cm³/mol. The van der Waals surface area contributed by atoms with Crippen molar-refractivity contribution in [2.45, 2.75) is 101 Å². The Morgan fingerprint density at radius 2 is 1.04 bits per heavy atom. The summed E-state index contributed by atoms with van der Waals surface area (Å²) < 4.78 is 0. The van der Waals surface area contributed by atoms with Crippen molar-refractivity contribution in [3.63, 3.8) is 0 Å². The van der Waals surface area contributed by atoms with Crippen LogP contribution in [0.5, 0.6) is 0 Å². The number of nitrogens with zero attached hydrogens (tertiary/aromatic N) is 1. The number of fused-ring (bicyclic) bond motifs is 12. The summed E-state index contributed by atoms with van der Waals surface area (Å²) in [5.41, 5.74) is 22.1. The summed E-state index contributed by atoms with van der Waals surface area (Å²) in [6.07, 6.45) is 14.9. The zero-order chi connectivity index (χ0) is 37.7. The zero-order valence-electron chi connectivity index (χ0n) is 33.7. The van der Waals surface area contributed by atoms with Gasteiger partial charge in [-0.25, -0.2) is 0 Å². The summed E-state index contributed by atoms with van der Waals surface area (Å²) in [6, 6.07) is 50.8. The number of anilines is 3. The molecule has 0 heterocycles. The average molecular weight is 740 g/mol. The van der Waals surface area contributed by atoms with Crippen LogP contribution in [0.3, 0.4) is 0 Å². The van der Waals surface area contributed by atoms with Crippen LogP contribution in [0.2, 0.25) is 0 Å². The molecule has 0 N–H and O–H groups in total. The van der Waals surface area contributed by atoms with E-state index in [1.54, 1.807) is 22.3 Å². The predicted octanol–water partition coefficient (Wildman–Crippen LogP) is 14.8. The molecular weight excluding hydrogens is 687 g/mol. The number of rotatable bonds is 3. The largest absolute Gasteiger partial charge is 0.310 e. The fourth-order valence-electron chi connectivity index (χ4n) is 15.1. The molecule has 57 heavy (non-hydrogen) atoms. The standard InChI is InChI=1S/C56H53N/c1-54(2)47-17-7-4-13-41(47)44-25-23-39(33-50(44)54)57(40-24-26-45-42-14-5-8-18-48(42)55(51(45)34-40)27-10-3-11-28-55)52-20-12-16-46-43-15-6-9-19-49(43)56(53(46)52)37-22-21-35-29-36(31-37)32-38(56)30-35/h4-9,12-20,23-26,33-38H,3,10-11,21-22,27-32H2,1-2H3. The molecule has 0 aliphatic heterocycles. The van der Waals surface area contributed by atoms with E-state index in [1.165, 1.54) is 132 Å². The van der Waals surface area contributed by atoms with Gasteiger partial charge < -0.3 is 4.90 Å². The Morgan fingerprint density at radius 1 is 0.456 bits per heavy atom. The first kappa shape index (κ1) is 33.1. The third kappa shape index (κ3) is 4.21. The van der Waals surface area contributed by atoms with Crippen LogP contribution >= 0.6 is 0 Å². The topological polar surface area (TPSA) is 3.24 Å². The van der Waals surface area contributed by atoms with Gasteiger partial charge in [-0.3, -0.25) is 0 Å². The van der Waals surface area contributed by atoms with E-state index in [9.17, 15) is 0 Å². The van der Waals surface area contributed by atoms with E-state index in [-0.39, 0.29) is 16.2 Å². The monoisotopic (exact) mass is 739 g/mol. The molecule has 0 saturated heterocycles. The molecule has 2 spiro atoms. The Labute approximate surface area is 339 Å².